The number of hydrogen-bond donors (Lipinski definition) is 1. The van der Waals surface area contributed by atoms with Crippen molar-refractivity contribution in [2.75, 3.05) is 27.2 Å². The zero-order valence-electron chi connectivity index (χ0n) is 12.7. The molecule has 0 aliphatic carbocycles. The molecular formula is C14H28N4. The van der Waals surface area contributed by atoms with Crippen LogP contribution in [0.5, 0.6) is 0 Å². The van der Waals surface area contributed by atoms with Crippen LogP contribution in [0.15, 0.2) is 6.20 Å². The highest BCUT2D eigenvalue weighted by molar-refractivity contribution is 5.16. The fraction of sp³-hybridized carbons (Fsp3) is 0.786. The zero-order valence-corrected chi connectivity index (χ0v) is 12.7. The number of rotatable bonds is 7. The van der Waals surface area contributed by atoms with Crippen molar-refractivity contribution in [3.63, 3.8) is 0 Å². The second-order valence-electron chi connectivity index (χ2n) is 6.13. The molecule has 104 valence electrons. The first-order valence-electron chi connectivity index (χ1n) is 6.71. The van der Waals surface area contributed by atoms with E-state index in [2.05, 4.69) is 56.4 Å². The first-order valence-corrected chi connectivity index (χ1v) is 6.71. The van der Waals surface area contributed by atoms with E-state index in [1.807, 2.05) is 11.7 Å². The van der Waals surface area contributed by atoms with Crippen molar-refractivity contribution >= 4 is 0 Å². The number of aromatic nitrogens is 2. The Balaban J connectivity index is 2.45. The molecule has 0 aliphatic rings. The summed E-state index contributed by atoms with van der Waals surface area (Å²) in [7, 11) is 6.23. The molecule has 0 unspecified atom stereocenters. The molecule has 0 aliphatic heterocycles. The SMILES string of the molecule is CCc1nn(C)cc1CNCC(C)(C)CN(C)C. The molecule has 0 radical (unpaired) electrons. The maximum Gasteiger partial charge on any atom is 0.0666 e. The van der Waals surface area contributed by atoms with E-state index >= 15 is 0 Å². The van der Waals surface area contributed by atoms with Crippen molar-refractivity contribution in [2.45, 2.75) is 33.7 Å². The van der Waals surface area contributed by atoms with Crippen molar-refractivity contribution in [3.8, 4) is 0 Å². The van der Waals surface area contributed by atoms with Gasteiger partial charge in [-0.2, -0.15) is 5.10 Å². The summed E-state index contributed by atoms with van der Waals surface area (Å²) in [5, 5.41) is 8.02. The van der Waals surface area contributed by atoms with Crippen LogP contribution in [0, 0.1) is 5.41 Å². The molecule has 1 heterocycles. The van der Waals surface area contributed by atoms with E-state index in [0.717, 1.165) is 26.1 Å². The molecule has 4 heteroatoms. The summed E-state index contributed by atoms with van der Waals surface area (Å²) >= 11 is 0. The third-order valence-corrected chi connectivity index (χ3v) is 2.99. The Hall–Kier alpha value is -0.870. The molecular weight excluding hydrogens is 224 g/mol. The van der Waals surface area contributed by atoms with Crippen LogP contribution in [0.25, 0.3) is 0 Å². The van der Waals surface area contributed by atoms with Gasteiger partial charge in [0.1, 0.15) is 0 Å². The second-order valence-corrected chi connectivity index (χ2v) is 6.13. The summed E-state index contributed by atoms with van der Waals surface area (Å²) < 4.78 is 1.90. The van der Waals surface area contributed by atoms with E-state index < -0.39 is 0 Å². The Bertz CT molecular complexity index is 366. The standard InChI is InChI=1S/C14H28N4/c1-7-13-12(9-18(6)16-13)8-15-10-14(2,3)11-17(4)5/h9,15H,7-8,10-11H2,1-6H3. The molecule has 0 atom stereocenters. The van der Waals surface area contributed by atoms with Crippen LogP contribution in [0.3, 0.4) is 0 Å². The van der Waals surface area contributed by atoms with Crippen LogP contribution in [0.1, 0.15) is 32.0 Å². The van der Waals surface area contributed by atoms with Gasteiger partial charge in [-0.3, -0.25) is 4.68 Å². The normalized spacial score (nSPS) is 12.4. The lowest BCUT2D eigenvalue weighted by molar-refractivity contribution is 0.232. The molecule has 0 bridgehead atoms. The van der Waals surface area contributed by atoms with Crippen LogP contribution in [0.2, 0.25) is 0 Å². The van der Waals surface area contributed by atoms with Crippen molar-refractivity contribution in [1.29, 1.82) is 0 Å². The molecule has 1 N–H and O–H groups in total. The fourth-order valence-corrected chi connectivity index (χ4v) is 2.48. The highest BCUT2D eigenvalue weighted by atomic mass is 15.3. The summed E-state index contributed by atoms with van der Waals surface area (Å²) in [6.07, 6.45) is 3.11. The summed E-state index contributed by atoms with van der Waals surface area (Å²) in [4.78, 5) is 2.24. The minimum Gasteiger partial charge on any atom is -0.312 e. The second kappa shape index (κ2) is 6.34. The summed E-state index contributed by atoms with van der Waals surface area (Å²) in [5.41, 5.74) is 2.81. The Labute approximate surface area is 111 Å². The molecule has 0 amide bonds. The van der Waals surface area contributed by atoms with Crippen molar-refractivity contribution in [1.82, 2.24) is 20.0 Å². The molecule has 0 saturated heterocycles. The number of nitrogens with one attached hydrogen (secondary N) is 1. The fourth-order valence-electron chi connectivity index (χ4n) is 2.48. The monoisotopic (exact) mass is 252 g/mol. The van der Waals surface area contributed by atoms with Crippen LogP contribution < -0.4 is 5.32 Å². The van der Waals surface area contributed by atoms with Gasteiger partial charge in [0.15, 0.2) is 0 Å². The van der Waals surface area contributed by atoms with Gasteiger partial charge in [-0.25, -0.2) is 0 Å². The summed E-state index contributed by atoms with van der Waals surface area (Å²) in [6, 6.07) is 0. The van der Waals surface area contributed by atoms with Crippen molar-refractivity contribution in [3.05, 3.63) is 17.5 Å². The van der Waals surface area contributed by atoms with Gasteiger partial charge in [-0.15, -0.1) is 0 Å². The van der Waals surface area contributed by atoms with Gasteiger partial charge in [0.25, 0.3) is 0 Å². The van der Waals surface area contributed by atoms with Crippen LogP contribution >= 0.6 is 0 Å². The van der Waals surface area contributed by atoms with Gasteiger partial charge >= 0.3 is 0 Å². The predicted molar refractivity (Wildman–Crippen MR) is 76.6 cm³/mol. The maximum absolute atomic E-state index is 4.46. The average molecular weight is 252 g/mol. The van der Waals surface area contributed by atoms with Gasteiger partial charge in [0, 0.05) is 38.4 Å². The lowest BCUT2D eigenvalue weighted by Gasteiger charge is -2.28. The number of nitrogens with zero attached hydrogens (tertiary/aromatic N) is 3. The van der Waals surface area contributed by atoms with E-state index in [1.165, 1.54) is 11.3 Å². The topological polar surface area (TPSA) is 33.1 Å². The average Bonchev–Trinajstić information content (AvgIpc) is 2.56. The molecule has 0 fully saturated rings. The minimum atomic E-state index is 0.290. The number of aryl methyl sites for hydroxylation is 2. The smallest absolute Gasteiger partial charge is 0.0666 e. The molecule has 0 spiro atoms. The Kier molecular flexibility index (Phi) is 5.35. The van der Waals surface area contributed by atoms with E-state index in [9.17, 15) is 0 Å². The Morgan fingerprint density at radius 1 is 1.39 bits per heavy atom. The third kappa shape index (κ3) is 4.78. The minimum absolute atomic E-state index is 0.290. The third-order valence-electron chi connectivity index (χ3n) is 2.99. The molecule has 1 aromatic rings. The zero-order chi connectivity index (χ0) is 13.8. The molecule has 1 rings (SSSR count). The highest BCUT2D eigenvalue weighted by Crippen LogP contribution is 2.15. The van der Waals surface area contributed by atoms with Crippen LogP contribution in [-0.2, 0) is 20.0 Å². The van der Waals surface area contributed by atoms with Crippen molar-refractivity contribution in [2.24, 2.45) is 12.5 Å². The number of hydrogen-bond acceptors (Lipinski definition) is 3. The lowest BCUT2D eigenvalue weighted by Crippen LogP contribution is -2.37. The lowest BCUT2D eigenvalue weighted by atomic mass is 9.93. The van der Waals surface area contributed by atoms with Gasteiger partial charge < -0.3 is 10.2 Å². The van der Waals surface area contributed by atoms with Crippen LogP contribution in [-0.4, -0.2) is 41.9 Å². The molecule has 0 saturated carbocycles. The maximum atomic E-state index is 4.46. The molecule has 4 nitrogen and oxygen atoms in total. The first kappa shape index (κ1) is 15.2. The van der Waals surface area contributed by atoms with E-state index in [1.54, 1.807) is 0 Å². The van der Waals surface area contributed by atoms with Crippen LogP contribution in [0.4, 0.5) is 0 Å². The summed E-state index contributed by atoms with van der Waals surface area (Å²) in [6.45, 7) is 9.76. The van der Waals surface area contributed by atoms with E-state index in [-0.39, 0.29) is 5.41 Å². The quantitative estimate of drug-likeness (QED) is 0.801. The van der Waals surface area contributed by atoms with Gasteiger partial charge in [-0.05, 0) is 25.9 Å². The van der Waals surface area contributed by atoms with Gasteiger partial charge in [0.05, 0.1) is 5.69 Å². The predicted octanol–water partition coefficient (Wildman–Crippen LogP) is 1.66. The Morgan fingerprint density at radius 3 is 2.61 bits per heavy atom. The molecule has 18 heavy (non-hydrogen) atoms. The Morgan fingerprint density at radius 2 is 2.06 bits per heavy atom. The van der Waals surface area contributed by atoms with Gasteiger partial charge in [0.2, 0.25) is 0 Å². The van der Waals surface area contributed by atoms with Gasteiger partial charge in [-0.1, -0.05) is 20.8 Å². The molecule has 1 aromatic heterocycles. The highest BCUT2D eigenvalue weighted by Gasteiger charge is 2.18. The largest absolute Gasteiger partial charge is 0.312 e. The first-order chi connectivity index (χ1) is 8.34. The van der Waals surface area contributed by atoms with Crippen molar-refractivity contribution < 1.29 is 0 Å². The van der Waals surface area contributed by atoms with E-state index in [4.69, 9.17) is 0 Å². The molecule has 0 aromatic carbocycles. The van der Waals surface area contributed by atoms with E-state index in [0.29, 0.717) is 0 Å². The summed E-state index contributed by atoms with van der Waals surface area (Å²) in [5.74, 6) is 0.